The fourth-order valence-corrected chi connectivity index (χ4v) is 0.546. The second-order valence-corrected chi connectivity index (χ2v) is 2.51. The van der Waals surface area contributed by atoms with Gasteiger partial charge in [0, 0.05) is 0 Å². The van der Waals surface area contributed by atoms with Crippen LogP contribution in [0.2, 0.25) is 0 Å². The average Bonchev–Trinajstić information content (AvgIpc) is 1.92. The molecule has 0 rings (SSSR count). The molecule has 0 aromatic rings. The van der Waals surface area contributed by atoms with Crippen molar-refractivity contribution < 1.29 is 20.4 Å². The van der Waals surface area contributed by atoms with Crippen molar-refractivity contribution in [3.05, 3.63) is 0 Å². The van der Waals surface area contributed by atoms with Crippen LogP contribution in [0.3, 0.4) is 0 Å². The Morgan fingerprint density at radius 3 is 1.40 bits per heavy atom. The summed E-state index contributed by atoms with van der Waals surface area (Å²) in [5, 5.41) is 35.0. The van der Waals surface area contributed by atoms with Crippen molar-refractivity contribution in [1.82, 2.24) is 0 Å². The van der Waals surface area contributed by atoms with Gasteiger partial charge in [0.25, 0.3) is 0 Å². The molecule has 0 aromatic heterocycles. The van der Waals surface area contributed by atoms with Gasteiger partial charge >= 0.3 is 0 Å². The number of hydrogen-bond acceptors (Lipinski definition) is 4. The maximum atomic E-state index is 8.98. The van der Waals surface area contributed by atoms with E-state index < -0.39 is 31.3 Å². The number of hydrogen-bond donors (Lipinski definition) is 4. The van der Waals surface area contributed by atoms with Crippen LogP contribution in [0.1, 0.15) is 6.92 Å². The molecule has 0 saturated carbocycles. The Kier molecular flexibility index (Phi) is 3.81. The first-order chi connectivity index (χ1) is 4.63. The summed E-state index contributed by atoms with van der Waals surface area (Å²) in [7, 11) is 0. The van der Waals surface area contributed by atoms with Gasteiger partial charge in [-0.05, 0) is 6.92 Å². The third-order valence-electron chi connectivity index (χ3n) is 1.83. The molecule has 62 valence electrons. The van der Waals surface area contributed by atoms with Crippen molar-refractivity contribution in [2.24, 2.45) is 5.41 Å². The summed E-state index contributed by atoms with van der Waals surface area (Å²) in [5.41, 5.74) is -1.15. The Bertz CT molecular complexity index is 79.5. The zero-order chi connectivity index (χ0) is 8.20. The minimum absolute atomic E-state index is 0.419. The summed E-state index contributed by atoms with van der Waals surface area (Å²) in [6, 6.07) is 0. The van der Waals surface area contributed by atoms with Gasteiger partial charge in [0.05, 0.1) is 31.3 Å². The summed E-state index contributed by atoms with van der Waals surface area (Å²) >= 11 is 0. The zero-order valence-corrected chi connectivity index (χ0v) is 5.99. The number of rotatable bonds is 4. The highest BCUT2D eigenvalue weighted by Gasteiger charge is 2.33. The van der Waals surface area contributed by atoms with Gasteiger partial charge in [-0.1, -0.05) is 0 Å². The molecule has 1 atom stereocenters. The Morgan fingerprint density at radius 2 is 1.40 bits per heavy atom. The van der Waals surface area contributed by atoms with E-state index in [0.717, 1.165) is 0 Å². The average molecular weight is 150 g/mol. The molecular formula is C6H14O4. The highest BCUT2D eigenvalue weighted by Crippen LogP contribution is 2.19. The van der Waals surface area contributed by atoms with E-state index in [4.69, 9.17) is 20.4 Å². The molecular weight excluding hydrogens is 136 g/mol. The molecule has 0 aliphatic carbocycles. The van der Waals surface area contributed by atoms with Crippen molar-refractivity contribution >= 4 is 0 Å². The molecule has 10 heavy (non-hydrogen) atoms. The summed E-state index contributed by atoms with van der Waals surface area (Å²) in [4.78, 5) is 0. The lowest BCUT2D eigenvalue weighted by molar-refractivity contribution is -0.0750. The third kappa shape index (κ3) is 1.67. The van der Waals surface area contributed by atoms with Gasteiger partial charge in [0.1, 0.15) is 0 Å². The second-order valence-electron chi connectivity index (χ2n) is 2.51. The van der Waals surface area contributed by atoms with Gasteiger partial charge in [-0.25, -0.2) is 0 Å². The fourth-order valence-electron chi connectivity index (χ4n) is 0.546. The van der Waals surface area contributed by atoms with E-state index in [-0.39, 0.29) is 0 Å². The maximum absolute atomic E-state index is 8.98. The smallest absolute Gasteiger partial charge is 0.0652 e. The molecule has 0 amide bonds. The van der Waals surface area contributed by atoms with E-state index in [2.05, 4.69) is 0 Å². The van der Waals surface area contributed by atoms with Crippen LogP contribution in [0.4, 0.5) is 0 Å². The molecule has 4 heteroatoms. The Hall–Kier alpha value is -0.160. The second kappa shape index (κ2) is 3.88. The standard InChI is InChI=1S/C6H14O4/c1-5(10)6(2-7,3-8)4-9/h5,7-10H,2-4H2,1H3/t5-/m1/s1. The van der Waals surface area contributed by atoms with E-state index in [1.165, 1.54) is 6.92 Å². The molecule has 0 spiro atoms. The van der Waals surface area contributed by atoms with E-state index in [1.807, 2.05) is 0 Å². The van der Waals surface area contributed by atoms with E-state index in [9.17, 15) is 0 Å². The van der Waals surface area contributed by atoms with Crippen LogP contribution in [0.15, 0.2) is 0 Å². The number of aliphatic hydroxyl groups excluding tert-OH is 4. The molecule has 0 aromatic carbocycles. The molecule has 0 heterocycles. The first-order valence-electron chi connectivity index (χ1n) is 3.13. The zero-order valence-electron chi connectivity index (χ0n) is 5.99. The quantitative estimate of drug-likeness (QED) is 0.386. The predicted octanol–water partition coefficient (Wildman–Crippen LogP) is -1.67. The van der Waals surface area contributed by atoms with Crippen molar-refractivity contribution in [3.63, 3.8) is 0 Å². The van der Waals surface area contributed by atoms with Gasteiger partial charge < -0.3 is 20.4 Å². The van der Waals surface area contributed by atoms with Crippen LogP contribution in [0, 0.1) is 5.41 Å². The minimum atomic E-state index is -1.15. The molecule has 0 bridgehead atoms. The molecule has 0 aliphatic rings. The van der Waals surface area contributed by atoms with Crippen molar-refractivity contribution in [2.45, 2.75) is 13.0 Å². The van der Waals surface area contributed by atoms with Gasteiger partial charge in [0.15, 0.2) is 0 Å². The maximum Gasteiger partial charge on any atom is 0.0652 e. The molecule has 0 fully saturated rings. The van der Waals surface area contributed by atoms with Crippen molar-refractivity contribution in [2.75, 3.05) is 19.8 Å². The van der Waals surface area contributed by atoms with Crippen LogP contribution >= 0.6 is 0 Å². The molecule has 0 aliphatic heterocycles. The van der Waals surface area contributed by atoms with Gasteiger partial charge in [-0.15, -0.1) is 0 Å². The molecule has 0 radical (unpaired) electrons. The molecule has 0 saturated heterocycles. The van der Waals surface area contributed by atoms with Crippen LogP contribution in [0.25, 0.3) is 0 Å². The predicted molar refractivity (Wildman–Crippen MR) is 35.4 cm³/mol. The highest BCUT2D eigenvalue weighted by molar-refractivity contribution is 4.81. The van der Waals surface area contributed by atoms with Gasteiger partial charge in [0.2, 0.25) is 0 Å². The summed E-state index contributed by atoms with van der Waals surface area (Å²) in [6.45, 7) is 0.162. The normalized spacial score (nSPS) is 15.3. The van der Waals surface area contributed by atoms with Gasteiger partial charge in [-0.3, -0.25) is 0 Å². The molecule has 4 N–H and O–H groups in total. The first-order valence-corrected chi connectivity index (χ1v) is 3.13. The van der Waals surface area contributed by atoms with E-state index in [1.54, 1.807) is 0 Å². The minimum Gasteiger partial charge on any atom is -0.396 e. The lowest BCUT2D eigenvalue weighted by Gasteiger charge is -2.30. The van der Waals surface area contributed by atoms with E-state index in [0.29, 0.717) is 0 Å². The van der Waals surface area contributed by atoms with Gasteiger partial charge in [-0.2, -0.15) is 0 Å². The Morgan fingerprint density at radius 1 is 1.10 bits per heavy atom. The van der Waals surface area contributed by atoms with E-state index >= 15 is 0 Å². The summed E-state index contributed by atoms with van der Waals surface area (Å²) < 4.78 is 0. The van der Waals surface area contributed by atoms with Crippen LogP contribution in [-0.2, 0) is 0 Å². The Labute approximate surface area is 59.7 Å². The fraction of sp³-hybridized carbons (Fsp3) is 1.00. The largest absolute Gasteiger partial charge is 0.396 e. The third-order valence-corrected chi connectivity index (χ3v) is 1.83. The van der Waals surface area contributed by atoms with Crippen molar-refractivity contribution in [3.8, 4) is 0 Å². The molecule has 4 nitrogen and oxygen atoms in total. The SMILES string of the molecule is C[C@@H](O)C(CO)(CO)CO. The highest BCUT2D eigenvalue weighted by atomic mass is 16.3. The Balaban J connectivity index is 4.15. The lowest BCUT2D eigenvalue weighted by atomic mass is 9.86. The summed E-state index contributed by atoms with van der Waals surface area (Å²) in [6.07, 6.45) is -0.910. The number of aliphatic hydroxyl groups is 4. The van der Waals surface area contributed by atoms with Crippen LogP contribution in [0.5, 0.6) is 0 Å². The first kappa shape index (κ1) is 9.84. The van der Waals surface area contributed by atoms with Crippen molar-refractivity contribution in [1.29, 1.82) is 0 Å². The molecule has 0 unspecified atom stereocenters. The van der Waals surface area contributed by atoms with Crippen LogP contribution < -0.4 is 0 Å². The summed E-state index contributed by atoms with van der Waals surface area (Å²) in [5.74, 6) is 0. The topological polar surface area (TPSA) is 80.9 Å². The van der Waals surface area contributed by atoms with Crippen LogP contribution in [-0.4, -0.2) is 46.4 Å². The lowest BCUT2D eigenvalue weighted by Crippen LogP contribution is -2.43. The monoisotopic (exact) mass is 150 g/mol.